The van der Waals surface area contributed by atoms with Crippen LogP contribution in [0.3, 0.4) is 0 Å². The van der Waals surface area contributed by atoms with E-state index in [0.717, 1.165) is 19.4 Å². The Kier molecular flexibility index (Phi) is 4.80. The Hall–Kier alpha value is -0.770. The first kappa shape index (κ1) is 14.3. The van der Waals surface area contributed by atoms with Crippen molar-refractivity contribution in [1.29, 1.82) is 0 Å². The van der Waals surface area contributed by atoms with Crippen LogP contribution in [0.1, 0.15) is 59.3 Å². The van der Waals surface area contributed by atoms with Crippen molar-refractivity contribution in [2.75, 3.05) is 6.54 Å². The third kappa shape index (κ3) is 3.60. The number of oxime groups is 1. The zero-order chi connectivity index (χ0) is 12.9. The van der Waals surface area contributed by atoms with E-state index in [1.165, 1.54) is 25.7 Å². The number of nitrogens with one attached hydrogen (secondary N) is 1. The highest BCUT2D eigenvalue weighted by Gasteiger charge is 2.34. The smallest absolute Gasteiger partial charge is 0.144 e. The largest absolute Gasteiger partial charge is 0.409 e. The first-order chi connectivity index (χ1) is 7.96. The molecule has 0 aromatic carbocycles. The van der Waals surface area contributed by atoms with E-state index in [4.69, 9.17) is 10.9 Å². The van der Waals surface area contributed by atoms with Crippen LogP contribution < -0.4 is 11.1 Å². The second kappa shape index (κ2) is 5.71. The molecule has 1 saturated carbocycles. The highest BCUT2D eigenvalue weighted by molar-refractivity contribution is 5.85. The summed E-state index contributed by atoms with van der Waals surface area (Å²) in [5.74, 6) is 0.325. The number of hydrogen-bond donors (Lipinski definition) is 3. The number of rotatable bonds is 7. The van der Waals surface area contributed by atoms with Crippen molar-refractivity contribution in [3.8, 4) is 0 Å². The molecule has 1 rings (SSSR count). The number of amidine groups is 1. The summed E-state index contributed by atoms with van der Waals surface area (Å²) in [5, 5.41) is 15.5. The fourth-order valence-corrected chi connectivity index (χ4v) is 2.41. The van der Waals surface area contributed by atoms with Gasteiger partial charge in [-0.3, -0.25) is 0 Å². The van der Waals surface area contributed by atoms with Crippen LogP contribution in [0.4, 0.5) is 0 Å². The zero-order valence-corrected chi connectivity index (χ0v) is 11.4. The maximum atomic E-state index is 8.69. The molecular formula is C13H27N3O. The van der Waals surface area contributed by atoms with Gasteiger partial charge in [0.2, 0.25) is 0 Å². The molecule has 1 aliphatic rings. The van der Waals surface area contributed by atoms with Gasteiger partial charge in [-0.15, -0.1) is 0 Å². The van der Waals surface area contributed by atoms with Gasteiger partial charge < -0.3 is 16.3 Å². The predicted molar refractivity (Wildman–Crippen MR) is 71.3 cm³/mol. The van der Waals surface area contributed by atoms with E-state index in [0.29, 0.717) is 11.4 Å². The number of nitrogens with two attached hydrogens (primary N) is 1. The Morgan fingerprint density at radius 3 is 2.53 bits per heavy atom. The highest BCUT2D eigenvalue weighted by Crippen LogP contribution is 2.34. The van der Waals surface area contributed by atoms with Crippen molar-refractivity contribution in [3.05, 3.63) is 0 Å². The van der Waals surface area contributed by atoms with Crippen molar-refractivity contribution in [3.63, 3.8) is 0 Å². The molecule has 0 aliphatic heterocycles. The molecule has 4 heteroatoms. The molecule has 1 aliphatic carbocycles. The molecular weight excluding hydrogens is 214 g/mol. The van der Waals surface area contributed by atoms with Gasteiger partial charge in [0, 0.05) is 11.0 Å². The van der Waals surface area contributed by atoms with Crippen molar-refractivity contribution < 1.29 is 5.21 Å². The van der Waals surface area contributed by atoms with Crippen molar-refractivity contribution in [2.24, 2.45) is 16.3 Å². The van der Waals surface area contributed by atoms with Gasteiger partial charge in [0.05, 0.1) is 0 Å². The van der Waals surface area contributed by atoms with E-state index in [9.17, 15) is 0 Å². The summed E-state index contributed by atoms with van der Waals surface area (Å²) in [4.78, 5) is 0. The predicted octanol–water partition coefficient (Wildman–Crippen LogP) is 2.46. The average Bonchev–Trinajstić information content (AvgIpc) is 2.26. The summed E-state index contributed by atoms with van der Waals surface area (Å²) >= 11 is 0. The van der Waals surface area contributed by atoms with E-state index >= 15 is 0 Å². The minimum absolute atomic E-state index is 0.213. The van der Waals surface area contributed by atoms with Gasteiger partial charge in [-0.1, -0.05) is 25.9 Å². The normalized spacial score (nSPS) is 20.1. The first-order valence-electron chi connectivity index (χ1n) is 6.69. The van der Waals surface area contributed by atoms with Crippen LogP contribution in [-0.2, 0) is 0 Å². The third-order valence-corrected chi connectivity index (χ3v) is 4.27. The molecule has 0 amide bonds. The summed E-state index contributed by atoms with van der Waals surface area (Å²) in [6.07, 6.45) is 7.20. The number of hydrogen-bond acceptors (Lipinski definition) is 3. The fourth-order valence-electron chi connectivity index (χ4n) is 2.41. The second-order valence-electron chi connectivity index (χ2n) is 5.89. The summed E-state index contributed by atoms with van der Waals surface area (Å²) < 4.78 is 0. The van der Waals surface area contributed by atoms with Gasteiger partial charge in [-0.05, 0) is 45.1 Å². The fraction of sp³-hybridized carbons (Fsp3) is 0.923. The molecule has 0 spiro atoms. The van der Waals surface area contributed by atoms with Gasteiger partial charge in [0.15, 0.2) is 0 Å². The standard InChI is InChI=1S/C13H27N3O/c1-4-13(8-5-9-13)15-10-6-7-12(2,3)11(14)16-17/h15,17H,4-10H2,1-3H3,(H2,14,16). The van der Waals surface area contributed by atoms with Crippen LogP contribution in [0, 0.1) is 5.41 Å². The molecule has 100 valence electrons. The molecule has 0 heterocycles. The lowest BCUT2D eigenvalue weighted by Crippen LogP contribution is -2.50. The first-order valence-corrected chi connectivity index (χ1v) is 6.69. The van der Waals surface area contributed by atoms with Crippen LogP contribution in [-0.4, -0.2) is 23.1 Å². The van der Waals surface area contributed by atoms with Crippen molar-refractivity contribution in [2.45, 2.75) is 64.8 Å². The quantitative estimate of drug-likeness (QED) is 0.211. The third-order valence-electron chi connectivity index (χ3n) is 4.27. The SMILES string of the molecule is CCC1(NCCCC(C)(C)C(N)=NO)CCC1. The lowest BCUT2D eigenvalue weighted by Gasteiger charge is -2.42. The highest BCUT2D eigenvalue weighted by atomic mass is 16.4. The lowest BCUT2D eigenvalue weighted by atomic mass is 9.74. The zero-order valence-electron chi connectivity index (χ0n) is 11.4. The van der Waals surface area contributed by atoms with Crippen LogP contribution in [0.25, 0.3) is 0 Å². The van der Waals surface area contributed by atoms with Crippen molar-refractivity contribution >= 4 is 5.84 Å². The van der Waals surface area contributed by atoms with Crippen LogP contribution in [0.5, 0.6) is 0 Å². The summed E-state index contributed by atoms with van der Waals surface area (Å²) in [7, 11) is 0. The maximum absolute atomic E-state index is 8.69. The topological polar surface area (TPSA) is 70.6 Å². The Morgan fingerprint density at radius 2 is 2.12 bits per heavy atom. The Morgan fingerprint density at radius 1 is 1.47 bits per heavy atom. The van der Waals surface area contributed by atoms with E-state index < -0.39 is 0 Å². The monoisotopic (exact) mass is 241 g/mol. The van der Waals surface area contributed by atoms with E-state index in [-0.39, 0.29) is 5.41 Å². The Bertz CT molecular complexity index is 264. The molecule has 1 fully saturated rings. The molecule has 0 radical (unpaired) electrons. The Labute approximate surface area is 105 Å². The molecule has 0 bridgehead atoms. The van der Waals surface area contributed by atoms with Crippen LogP contribution in [0.2, 0.25) is 0 Å². The summed E-state index contributed by atoms with van der Waals surface area (Å²) in [6.45, 7) is 7.31. The summed E-state index contributed by atoms with van der Waals surface area (Å²) in [6, 6.07) is 0. The molecule has 0 unspecified atom stereocenters. The number of nitrogens with zero attached hydrogens (tertiary/aromatic N) is 1. The van der Waals surface area contributed by atoms with E-state index in [2.05, 4.69) is 17.4 Å². The maximum Gasteiger partial charge on any atom is 0.144 e. The van der Waals surface area contributed by atoms with E-state index in [1.54, 1.807) is 0 Å². The lowest BCUT2D eigenvalue weighted by molar-refractivity contribution is 0.175. The van der Waals surface area contributed by atoms with Gasteiger partial charge in [0.25, 0.3) is 0 Å². The van der Waals surface area contributed by atoms with E-state index in [1.807, 2.05) is 13.8 Å². The van der Waals surface area contributed by atoms with Gasteiger partial charge in [-0.2, -0.15) is 0 Å². The minimum atomic E-state index is -0.213. The molecule has 4 N–H and O–H groups in total. The van der Waals surface area contributed by atoms with Crippen molar-refractivity contribution in [1.82, 2.24) is 5.32 Å². The molecule has 17 heavy (non-hydrogen) atoms. The van der Waals surface area contributed by atoms with Gasteiger partial charge >= 0.3 is 0 Å². The summed E-state index contributed by atoms with van der Waals surface area (Å²) in [5.41, 5.74) is 5.87. The Balaban J connectivity index is 2.24. The molecule has 0 atom stereocenters. The van der Waals surface area contributed by atoms with Gasteiger partial charge in [0.1, 0.15) is 5.84 Å². The average molecular weight is 241 g/mol. The molecule has 0 saturated heterocycles. The minimum Gasteiger partial charge on any atom is -0.409 e. The van der Waals surface area contributed by atoms with Crippen LogP contribution >= 0.6 is 0 Å². The molecule has 0 aromatic heterocycles. The van der Waals surface area contributed by atoms with Gasteiger partial charge in [-0.25, -0.2) is 0 Å². The molecule has 0 aromatic rings. The van der Waals surface area contributed by atoms with Crippen LogP contribution in [0.15, 0.2) is 5.16 Å². The molecule has 4 nitrogen and oxygen atoms in total. The second-order valence-corrected chi connectivity index (χ2v) is 5.89.